The van der Waals surface area contributed by atoms with Crippen molar-refractivity contribution in [1.82, 2.24) is 9.55 Å². The largest absolute Gasteiger partial charge is 0.489 e. The first-order chi connectivity index (χ1) is 12.3. The lowest BCUT2D eigenvalue weighted by atomic mass is 10.1. The second-order valence-corrected chi connectivity index (χ2v) is 5.95. The lowest BCUT2D eigenvalue weighted by molar-refractivity contribution is 0.113. The van der Waals surface area contributed by atoms with Gasteiger partial charge < -0.3 is 14.0 Å². The van der Waals surface area contributed by atoms with Crippen LogP contribution >= 0.6 is 0 Å². The van der Waals surface area contributed by atoms with E-state index in [4.69, 9.17) is 9.47 Å². The lowest BCUT2D eigenvalue weighted by Gasteiger charge is -2.18. The van der Waals surface area contributed by atoms with Crippen LogP contribution in [0.5, 0.6) is 5.75 Å². The first-order valence-electron chi connectivity index (χ1n) is 8.66. The standard InChI is InChI=1S/C21H24N2O2/c1-2-24-16-20(23-13-12-22-17-23)14-18-8-10-21(11-9-18)25-15-19-6-4-3-5-7-19/h3-13,17,20H,2,14-16H2,1H3/t20-/m0/s1. The fourth-order valence-corrected chi connectivity index (χ4v) is 2.72. The fourth-order valence-electron chi connectivity index (χ4n) is 2.72. The van der Waals surface area contributed by atoms with Gasteiger partial charge in [-0.2, -0.15) is 0 Å². The topological polar surface area (TPSA) is 36.3 Å². The molecule has 0 aliphatic rings. The molecule has 0 unspecified atom stereocenters. The Morgan fingerprint density at radius 3 is 2.48 bits per heavy atom. The molecule has 130 valence electrons. The summed E-state index contributed by atoms with van der Waals surface area (Å²) in [5, 5.41) is 0. The maximum atomic E-state index is 5.85. The van der Waals surface area contributed by atoms with Gasteiger partial charge in [-0.15, -0.1) is 0 Å². The summed E-state index contributed by atoms with van der Waals surface area (Å²) in [6.45, 7) is 4.00. The van der Waals surface area contributed by atoms with Gasteiger partial charge in [-0.05, 0) is 36.6 Å². The molecule has 0 N–H and O–H groups in total. The number of hydrogen-bond donors (Lipinski definition) is 0. The van der Waals surface area contributed by atoms with Crippen molar-refractivity contribution in [3.8, 4) is 5.75 Å². The van der Waals surface area contributed by atoms with Crippen LogP contribution in [0.1, 0.15) is 24.1 Å². The number of imidazole rings is 1. The number of ether oxygens (including phenoxy) is 2. The molecule has 0 saturated heterocycles. The molecular formula is C21H24N2O2. The van der Waals surface area contributed by atoms with E-state index < -0.39 is 0 Å². The Morgan fingerprint density at radius 1 is 1.00 bits per heavy atom. The Kier molecular flexibility index (Phi) is 6.23. The van der Waals surface area contributed by atoms with Crippen molar-refractivity contribution in [3.63, 3.8) is 0 Å². The van der Waals surface area contributed by atoms with E-state index in [0.717, 1.165) is 18.8 Å². The van der Waals surface area contributed by atoms with Crippen molar-refractivity contribution in [1.29, 1.82) is 0 Å². The maximum absolute atomic E-state index is 5.85. The van der Waals surface area contributed by atoms with Gasteiger partial charge in [0.05, 0.1) is 19.0 Å². The van der Waals surface area contributed by atoms with E-state index in [2.05, 4.69) is 33.8 Å². The minimum absolute atomic E-state index is 0.249. The monoisotopic (exact) mass is 336 g/mol. The SMILES string of the molecule is CCOC[C@H](Cc1ccc(OCc2ccccc2)cc1)n1ccnc1. The van der Waals surface area contributed by atoms with Crippen molar-refractivity contribution < 1.29 is 9.47 Å². The summed E-state index contributed by atoms with van der Waals surface area (Å²) in [6.07, 6.45) is 6.54. The van der Waals surface area contributed by atoms with Crippen molar-refractivity contribution in [2.24, 2.45) is 0 Å². The number of nitrogens with zero attached hydrogens (tertiary/aromatic N) is 2. The van der Waals surface area contributed by atoms with E-state index in [-0.39, 0.29) is 6.04 Å². The van der Waals surface area contributed by atoms with Gasteiger partial charge in [0.2, 0.25) is 0 Å². The molecule has 3 rings (SSSR count). The second-order valence-electron chi connectivity index (χ2n) is 5.95. The van der Waals surface area contributed by atoms with Crippen LogP contribution in [0.4, 0.5) is 0 Å². The number of benzene rings is 2. The average Bonchev–Trinajstić information content (AvgIpc) is 3.20. The zero-order valence-corrected chi connectivity index (χ0v) is 14.5. The van der Waals surface area contributed by atoms with E-state index in [1.54, 1.807) is 6.20 Å². The third-order valence-corrected chi connectivity index (χ3v) is 4.10. The number of rotatable bonds is 9. The van der Waals surface area contributed by atoms with Crippen LogP contribution in [0.2, 0.25) is 0 Å². The minimum atomic E-state index is 0.249. The van der Waals surface area contributed by atoms with E-state index >= 15 is 0 Å². The van der Waals surface area contributed by atoms with E-state index in [0.29, 0.717) is 13.2 Å². The quantitative estimate of drug-likeness (QED) is 0.585. The predicted molar refractivity (Wildman–Crippen MR) is 98.7 cm³/mol. The maximum Gasteiger partial charge on any atom is 0.119 e. The Balaban J connectivity index is 1.59. The lowest BCUT2D eigenvalue weighted by Crippen LogP contribution is -2.17. The Hall–Kier alpha value is -2.59. The molecule has 0 aliphatic heterocycles. The molecule has 0 saturated carbocycles. The highest BCUT2D eigenvalue weighted by Gasteiger charge is 2.11. The first kappa shape index (κ1) is 17.2. The highest BCUT2D eigenvalue weighted by molar-refractivity contribution is 5.28. The van der Waals surface area contributed by atoms with Crippen molar-refractivity contribution in [2.45, 2.75) is 26.0 Å². The zero-order chi connectivity index (χ0) is 17.3. The highest BCUT2D eigenvalue weighted by Crippen LogP contribution is 2.19. The molecule has 0 amide bonds. The Morgan fingerprint density at radius 2 is 1.80 bits per heavy atom. The second kappa shape index (κ2) is 9.04. The van der Waals surface area contributed by atoms with Gasteiger partial charge >= 0.3 is 0 Å². The van der Waals surface area contributed by atoms with Crippen LogP contribution < -0.4 is 4.74 Å². The molecule has 3 aromatic rings. The zero-order valence-electron chi connectivity index (χ0n) is 14.5. The third kappa shape index (κ3) is 5.19. The summed E-state index contributed by atoms with van der Waals surface area (Å²) >= 11 is 0. The molecule has 4 heteroatoms. The van der Waals surface area contributed by atoms with E-state index in [1.165, 1.54) is 11.1 Å². The van der Waals surface area contributed by atoms with E-state index in [1.807, 2.05) is 49.8 Å². The normalized spacial score (nSPS) is 12.0. The van der Waals surface area contributed by atoms with Gasteiger partial charge in [0, 0.05) is 19.0 Å². The molecule has 1 heterocycles. The molecule has 0 spiro atoms. The molecule has 0 bridgehead atoms. The van der Waals surface area contributed by atoms with E-state index in [9.17, 15) is 0 Å². The molecule has 0 radical (unpaired) electrons. The predicted octanol–water partition coefficient (Wildman–Crippen LogP) is 4.28. The summed E-state index contributed by atoms with van der Waals surface area (Å²) in [5.41, 5.74) is 2.42. The number of aromatic nitrogens is 2. The first-order valence-corrected chi connectivity index (χ1v) is 8.66. The molecule has 1 atom stereocenters. The van der Waals surface area contributed by atoms with Crippen molar-refractivity contribution >= 4 is 0 Å². The fraction of sp³-hybridized carbons (Fsp3) is 0.286. The third-order valence-electron chi connectivity index (χ3n) is 4.10. The molecular weight excluding hydrogens is 312 g/mol. The van der Waals surface area contributed by atoms with Gasteiger partial charge in [0.15, 0.2) is 0 Å². The minimum Gasteiger partial charge on any atom is -0.489 e. The summed E-state index contributed by atoms with van der Waals surface area (Å²) in [7, 11) is 0. The van der Waals surface area contributed by atoms with Gasteiger partial charge in [-0.25, -0.2) is 4.98 Å². The summed E-state index contributed by atoms with van der Waals surface area (Å²) in [4.78, 5) is 4.15. The molecule has 0 fully saturated rings. The number of hydrogen-bond acceptors (Lipinski definition) is 3. The smallest absolute Gasteiger partial charge is 0.119 e. The van der Waals surface area contributed by atoms with Gasteiger partial charge in [0.1, 0.15) is 12.4 Å². The summed E-state index contributed by atoms with van der Waals surface area (Å²) < 4.78 is 13.6. The van der Waals surface area contributed by atoms with Gasteiger partial charge in [-0.1, -0.05) is 42.5 Å². The Bertz CT molecular complexity index is 724. The van der Waals surface area contributed by atoms with Gasteiger partial charge in [-0.3, -0.25) is 0 Å². The van der Waals surface area contributed by atoms with Crippen molar-refractivity contribution in [3.05, 3.63) is 84.4 Å². The summed E-state index contributed by atoms with van der Waals surface area (Å²) in [5.74, 6) is 0.886. The molecule has 1 aromatic heterocycles. The molecule has 0 aliphatic carbocycles. The van der Waals surface area contributed by atoms with Crippen LogP contribution in [0.15, 0.2) is 73.3 Å². The van der Waals surface area contributed by atoms with Crippen LogP contribution in [0, 0.1) is 0 Å². The van der Waals surface area contributed by atoms with Crippen LogP contribution in [-0.4, -0.2) is 22.8 Å². The van der Waals surface area contributed by atoms with Crippen LogP contribution in [-0.2, 0) is 17.8 Å². The molecule has 4 nitrogen and oxygen atoms in total. The summed E-state index contributed by atoms with van der Waals surface area (Å²) in [6, 6.07) is 18.7. The van der Waals surface area contributed by atoms with Crippen LogP contribution in [0.3, 0.4) is 0 Å². The highest BCUT2D eigenvalue weighted by atomic mass is 16.5. The van der Waals surface area contributed by atoms with Gasteiger partial charge in [0.25, 0.3) is 0 Å². The van der Waals surface area contributed by atoms with Crippen molar-refractivity contribution in [2.75, 3.05) is 13.2 Å². The molecule has 25 heavy (non-hydrogen) atoms. The average molecular weight is 336 g/mol. The Labute approximate surface area is 149 Å². The van der Waals surface area contributed by atoms with Crippen LogP contribution in [0.25, 0.3) is 0 Å². The molecule has 2 aromatic carbocycles.